The number of aldehydes is 2. The van der Waals surface area contributed by atoms with E-state index in [1.807, 2.05) is 14.1 Å². The van der Waals surface area contributed by atoms with Gasteiger partial charge in [0.25, 0.3) is 17.7 Å². The van der Waals surface area contributed by atoms with Crippen LogP contribution in [0.5, 0.6) is 5.75 Å². The van der Waals surface area contributed by atoms with Gasteiger partial charge in [0.1, 0.15) is 18.3 Å². The van der Waals surface area contributed by atoms with Gasteiger partial charge < -0.3 is 39.2 Å². The second-order valence-electron chi connectivity index (χ2n) is 7.46. The fraction of sp³-hybridized carbons (Fsp3) is 0.542. The van der Waals surface area contributed by atoms with Crippen LogP contribution >= 0.6 is 0 Å². The van der Waals surface area contributed by atoms with Crippen LogP contribution in [0.25, 0.3) is 0 Å². The molecule has 0 aromatic heterocycles. The van der Waals surface area contributed by atoms with Crippen LogP contribution < -0.4 is 15.4 Å². The molecule has 1 aliphatic rings. The quantitative estimate of drug-likeness (QED) is 0.165. The Hall–Kier alpha value is -3.19. The molecule has 12 heteroatoms. The second kappa shape index (κ2) is 18.1. The third-order valence-electron chi connectivity index (χ3n) is 4.71. The number of fused-ring (bicyclic) bond motifs is 1. The Morgan fingerprint density at radius 1 is 1.03 bits per heavy atom. The van der Waals surface area contributed by atoms with Crippen molar-refractivity contribution in [2.45, 2.75) is 18.9 Å². The number of hydrogen-bond donors (Lipinski definition) is 2. The average molecular weight is 510 g/mol. The molecule has 0 saturated carbocycles. The topological polar surface area (TPSA) is 150 Å². The van der Waals surface area contributed by atoms with Crippen molar-refractivity contribution < 1.29 is 42.9 Å². The molecule has 0 fully saturated rings. The Labute approximate surface area is 210 Å². The molecular formula is C24H35N3O9. The van der Waals surface area contributed by atoms with Gasteiger partial charge >= 0.3 is 0 Å². The number of rotatable bonds is 17. The molecule has 1 aromatic rings. The Morgan fingerprint density at radius 2 is 1.69 bits per heavy atom. The highest BCUT2D eigenvalue weighted by Crippen LogP contribution is 2.32. The van der Waals surface area contributed by atoms with Crippen molar-refractivity contribution in [2.75, 3.05) is 67.4 Å². The molecule has 12 nitrogen and oxygen atoms in total. The summed E-state index contributed by atoms with van der Waals surface area (Å²) < 4.78 is 20.9. The van der Waals surface area contributed by atoms with E-state index in [-0.39, 0.29) is 49.5 Å². The lowest BCUT2D eigenvalue weighted by Crippen LogP contribution is -2.41. The molecule has 0 aliphatic carbocycles. The number of benzene rings is 1. The SMILES string of the molecule is CNC.COCCOCCOCCNC(=O)COc1cccc2c1C(=O)N(C(C=O)CCC=O)C2=O. The standard InChI is InChI=1S/C22H28N2O9.C2H7N/c1-30-10-11-32-13-12-31-9-7-23-19(27)15-33-18-6-2-5-17-20(18)22(29)24(21(17)28)16(14-26)4-3-8-25;1-3-2/h2,5-6,8,14,16H,3-4,7,9-13,15H2,1H3,(H,23,27);3H,1-2H3. The molecule has 3 amide bonds. The molecule has 1 aromatic carbocycles. The molecule has 0 bridgehead atoms. The van der Waals surface area contributed by atoms with E-state index in [0.29, 0.717) is 39.0 Å². The summed E-state index contributed by atoms with van der Waals surface area (Å²) in [5, 5.41) is 5.37. The zero-order chi connectivity index (χ0) is 26.8. The maximum atomic E-state index is 12.8. The summed E-state index contributed by atoms with van der Waals surface area (Å²) in [5.41, 5.74) is 0.0713. The van der Waals surface area contributed by atoms with Crippen LogP contribution in [0.15, 0.2) is 18.2 Å². The molecule has 2 rings (SSSR count). The van der Waals surface area contributed by atoms with Gasteiger partial charge in [0, 0.05) is 20.1 Å². The minimum Gasteiger partial charge on any atom is -0.483 e. The molecule has 0 saturated heterocycles. The molecule has 36 heavy (non-hydrogen) atoms. The third-order valence-corrected chi connectivity index (χ3v) is 4.71. The Balaban J connectivity index is 0.00000205. The summed E-state index contributed by atoms with van der Waals surface area (Å²) in [5.74, 6) is -1.71. The van der Waals surface area contributed by atoms with Crippen molar-refractivity contribution in [3.05, 3.63) is 29.3 Å². The predicted octanol–water partition coefficient (Wildman–Crippen LogP) is -0.161. The van der Waals surface area contributed by atoms with Gasteiger partial charge in [0.05, 0.1) is 50.2 Å². The van der Waals surface area contributed by atoms with E-state index in [0.717, 1.165) is 4.90 Å². The average Bonchev–Trinajstić information content (AvgIpc) is 3.13. The number of imide groups is 1. The Bertz CT molecular complexity index is 863. The highest BCUT2D eigenvalue weighted by molar-refractivity contribution is 6.23. The molecule has 0 spiro atoms. The van der Waals surface area contributed by atoms with Crippen molar-refractivity contribution in [2.24, 2.45) is 0 Å². The van der Waals surface area contributed by atoms with E-state index in [1.54, 1.807) is 7.11 Å². The van der Waals surface area contributed by atoms with Gasteiger partial charge in [-0.05, 0) is 32.6 Å². The first-order valence-electron chi connectivity index (χ1n) is 11.5. The van der Waals surface area contributed by atoms with Gasteiger partial charge in [0.2, 0.25) is 0 Å². The van der Waals surface area contributed by atoms with E-state index in [9.17, 15) is 24.0 Å². The fourth-order valence-corrected chi connectivity index (χ4v) is 3.11. The number of hydrogen-bond acceptors (Lipinski definition) is 10. The van der Waals surface area contributed by atoms with E-state index >= 15 is 0 Å². The van der Waals surface area contributed by atoms with Crippen LogP contribution in [0.4, 0.5) is 0 Å². The molecule has 0 radical (unpaired) electrons. The van der Waals surface area contributed by atoms with E-state index in [4.69, 9.17) is 18.9 Å². The predicted molar refractivity (Wildman–Crippen MR) is 129 cm³/mol. The second-order valence-corrected chi connectivity index (χ2v) is 7.46. The number of carbonyl (C=O) groups excluding carboxylic acids is 5. The molecule has 200 valence electrons. The first-order valence-corrected chi connectivity index (χ1v) is 11.5. The van der Waals surface area contributed by atoms with Gasteiger partial charge in [-0.2, -0.15) is 0 Å². The summed E-state index contributed by atoms with van der Waals surface area (Å²) in [4.78, 5) is 60.4. The van der Waals surface area contributed by atoms with Gasteiger partial charge in [-0.1, -0.05) is 6.07 Å². The highest BCUT2D eigenvalue weighted by Gasteiger charge is 2.41. The number of methoxy groups -OCH3 is 1. The highest BCUT2D eigenvalue weighted by atomic mass is 16.5. The smallest absolute Gasteiger partial charge is 0.265 e. The number of ether oxygens (including phenoxy) is 4. The van der Waals surface area contributed by atoms with E-state index in [1.165, 1.54) is 18.2 Å². The Kier molecular flexibility index (Phi) is 15.5. The number of nitrogens with zero attached hydrogens (tertiary/aromatic N) is 1. The lowest BCUT2D eigenvalue weighted by atomic mass is 10.1. The largest absolute Gasteiger partial charge is 0.483 e. The van der Waals surface area contributed by atoms with Crippen molar-refractivity contribution in [1.29, 1.82) is 0 Å². The van der Waals surface area contributed by atoms with Crippen molar-refractivity contribution in [3.8, 4) is 5.75 Å². The van der Waals surface area contributed by atoms with Crippen molar-refractivity contribution in [1.82, 2.24) is 15.5 Å². The molecule has 1 aliphatic heterocycles. The van der Waals surface area contributed by atoms with Crippen LogP contribution in [0.1, 0.15) is 33.6 Å². The van der Waals surface area contributed by atoms with Crippen molar-refractivity contribution >= 4 is 30.3 Å². The molecule has 2 N–H and O–H groups in total. The van der Waals surface area contributed by atoms with Gasteiger partial charge in [-0.25, -0.2) is 0 Å². The van der Waals surface area contributed by atoms with Gasteiger partial charge in [-0.3, -0.25) is 19.3 Å². The zero-order valence-corrected chi connectivity index (χ0v) is 20.9. The minimum absolute atomic E-state index is 0.00920. The fourth-order valence-electron chi connectivity index (χ4n) is 3.11. The summed E-state index contributed by atoms with van der Waals surface area (Å²) in [7, 11) is 5.34. The maximum absolute atomic E-state index is 12.8. The third kappa shape index (κ3) is 9.82. The molecule has 1 heterocycles. The van der Waals surface area contributed by atoms with Crippen LogP contribution in [-0.4, -0.2) is 109 Å². The Morgan fingerprint density at radius 3 is 2.33 bits per heavy atom. The zero-order valence-electron chi connectivity index (χ0n) is 20.9. The first-order chi connectivity index (χ1) is 17.5. The number of amides is 3. The maximum Gasteiger partial charge on any atom is 0.265 e. The normalized spacial score (nSPS) is 12.9. The molecular weight excluding hydrogens is 474 g/mol. The van der Waals surface area contributed by atoms with Crippen LogP contribution in [0, 0.1) is 0 Å². The number of nitrogens with one attached hydrogen (secondary N) is 2. The first kappa shape index (κ1) is 30.8. The van der Waals surface area contributed by atoms with Crippen molar-refractivity contribution in [3.63, 3.8) is 0 Å². The molecule has 1 atom stereocenters. The lowest BCUT2D eigenvalue weighted by molar-refractivity contribution is -0.123. The van der Waals surface area contributed by atoms with E-state index in [2.05, 4.69) is 10.6 Å². The van der Waals surface area contributed by atoms with Gasteiger partial charge in [-0.15, -0.1) is 0 Å². The monoisotopic (exact) mass is 509 g/mol. The van der Waals surface area contributed by atoms with E-state index < -0.39 is 23.8 Å². The summed E-state index contributed by atoms with van der Waals surface area (Å²) in [6.45, 7) is 1.97. The van der Waals surface area contributed by atoms with Gasteiger partial charge in [0.15, 0.2) is 6.61 Å². The summed E-state index contributed by atoms with van der Waals surface area (Å²) in [6, 6.07) is 3.38. The van der Waals surface area contributed by atoms with Crippen LogP contribution in [0.2, 0.25) is 0 Å². The minimum atomic E-state index is -1.05. The van der Waals surface area contributed by atoms with Crippen LogP contribution in [-0.2, 0) is 28.6 Å². The van der Waals surface area contributed by atoms with Crippen LogP contribution in [0.3, 0.4) is 0 Å². The summed E-state index contributed by atoms with van der Waals surface area (Å²) >= 11 is 0. The number of carbonyl (C=O) groups is 5. The summed E-state index contributed by atoms with van der Waals surface area (Å²) in [6.07, 6.45) is 1.15. The molecule has 1 unspecified atom stereocenters. The lowest BCUT2D eigenvalue weighted by Gasteiger charge is -2.20.